The molecule has 5 rings (SSSR count). The molecule has 0 bridgehead atoms. The number of anilines is 2. The molecule has 2 aliphatic heterocycles. The van der Waals surface area contributed by atoms with E-state index in [1.165, 1.54) is 0 Å². The van der Waals surface area contributed by atoms with E-state index in [-0.39, 0.29) is 0 Å². The number of piperazine rings is 1. The Morgan fingerprint density at radius 1 is 0.824 bits per heavy atom. The van der Waals surface area contributed by atoms with E-state index in [1.54, 1.807) is 10.4 Å². The van der Waals surface area contributed by atoms with E-state index in [2.05, 4.69) is 26.1 Å². The Morgan fingerprint density at radius 3 is 2.24 bits per heavy atom. The molecule has 7 nitrogen and oxygen atoms in total. The first-order chi connectivity index (χ1) is 16.4. The van der Waals surface area contributed by atoms with Gasteiger partial charge in [0.25, 0.3) is 0 Å². The van der Waals surface area contributed by atoms with Gasteiger partial charge in [0.1, 0.15) is 0 Å². The molecule has 0 spiro atoms. The SMILES string of the molecule is Cc1ccc(-c2ccc(N3CCN(c4cccc(Cl)c4)CC3)nn2)cc1S(=O)(=O)N1CCCC1. The minimum Gasteiger partial charge on any atom is -0.368 e. The number of aromatic nitrogens is 2. The molecule has 0 amide bonds. The lowest BCUT2D eigenvalue weighted by Gasteiger charge is -2.36. The van der Waals surface area contributed by atoms with Crippen molar-refractivity contribution in [2.75, 3.05) is 49.1 Å². The highest BCUT2D eigenvalue weighted by Crippen LogP contribution is 2.29. The van der Waals surface area contributed by atoms with Crippen molar-refractivity contribution in [1.82, 2.24) is 14.5 Å². The fourth-order valence-electron chi connectivity index (χ4n) is 4.62. The summed E-state index contributed by atoms with van der Waals surface area (Å²) in [7, 11) is -3.49. The lowest BCUT2D eigenvalue weighted by atomic mass is 10.1. The second kappa shape index (κ2) is 9.52. The van der Waals surface area contributed by atoms with E-state index in [1.807, 2.05) is 49.4 Å². The summed E-state index contributed by atoms with van der Waals surface area (Å²) in [6.07, 6.45) is 1.83. The third-order valence-corrected chi connectivity index (χ3v) is 8.87. The van der Waals surface area contributed by atoms with Gasteiger partial charge in [-0.15, -0.1) is 10.2 Å². The van der Waals surface area contributed by atoms with Crippen LogP contribution in [-0.2, 0) is 10.0 Å². The van der Waals surface area contributed by atoms with E-state index in [0.29, 0.717) is 23.7 Å². The number of sulfonamides is 1. The standard InChI is InChI=1S/C25H28ClN5O2S/c1-19-7-8-20(17-24(19)34(32,33)31-11-2-3-12-31)23-9-10-25(28-27-23)30-15-13-29(14-16-30)22-6-4-5-21(26)18-22/h4-10,17-18H,2-3,11-16H2,1H3. The van der Waals surface area contributed by atoms with Gasteiger partial charge in [-0.2, -0.15) is 4.31 Å². The van der Waals surface area contributed by atoms with Crippen molar-refractivity contribution < 1.29 is 8.42 Å². The molecule has 2 fully saturated rings. The van der Waals surface area contributed by atoms with Gasteiger partial charge in [0.05, 0.1) is 10.6 Å². The molecule has 0 N–H and O–H groups in total. The molecule has 2 aliphatic rings. The summed E-state index contributed by atoms with van der Waals surface area (Å²) in [4.78, 5) is 4.89. The third-order valence-electron chi connectivity index (χ3n) is 6.59. The lowest BCUT2D eigenvalue weighted by Crippen LogP contribution is -2.46. The largest absolute Gasteiger partial charge is 0.368 e. The Kier molecular flexibility index (Phi) is 6.46. The summed E-state index contributed by atoms with van der Waals surface area (Å²) in [6.45, 7) is 6.44. The molecule has 2 saturated heterocycles. The van der Waals surface area contributed by atoms with Gasteiger partial charge in [-0.05, 0) is 61.7 Å². The molecule has 9 heteroatoms. The zero-order chi connectivity index (χ0) is 23.7. The molecule has 3 heterocycles. The van der Waals surface area contributed by atoms with E-state index >= 15 is 0 Å². The van der Waals surface area contributed by atoms with Crippen LogP contribution in [0.4, 0.5) is 11.5 Å². The van der Waals surface area contributed by atoms with Gasteiger partial charge in [-0.3, -0.25) is 0 Å². The molecule has 2 aromatic carbocycles. The van der Waals surface area contributed by atoms with Crippen molar-refractivity contribution in [1.29, 1.82) is 0 Å². The quantitative estimate of drug-likeness (QED) is 0.525. The second-order valence-electron chi connectivity index (χ2n) is 8.82. The van der Waals surface area contributed by atoms with Crippen LogP contribution >= 0.6 is 11.6 Å². The third kappa shape index (κ3) is 4.62. The Hall–Kier alpha value is -2.68. The van der Waals surface area contributed by atoms with Crippen molar-refractivity contribution in [3.63, 3.8) is 0 Å². The highest BCUT2D eigenvalue weighted by atomic mass is 35.5. The molecule has 178 valence electrons. The van der Waals surface area contributed by atoms with E-state index < -0.39 is 10.0 Å². The van der Waals surface area contributed by atoms with Gasteiger partial charge in [-0.25, -0.2) is 8.42 Å². The van der Waals surface area contributed by atoms with Crippen molar-refractivity contribution in [2.24, 2.45) is 0 Å². The number of halogens is 1. The molecule has 0 saturated carbocycles. The molecular formula is C25H28ClN5O2S. The van der Waals surface area contributed by atoms with Crippen LogP contribution in [0.5, 0.6) is 0 Å². The van der Waals surface area contributed by atoms with Gasteiger partial charge in [0.2, 0.25) is 10.0 Å². The summed E-state index contributed by atoms with van der Waals surface area (Å²) in [5, 5.41) is 9.64. The normalized spacial score (nSPS) is 17.4. The molecule has 0 aliphatic carbocycles. The van der Waals surface area contributed by atoms with Gasteiger partial charge in [0, 0.05) is 55.5 Å². The summed E-state index contributed by atoms with van der Waals surface area (Å²) < 4.78 is 27.8. The van der Waals surface area contributed by atoms with E-state index in [4.69, 9.17) is 11.6 Å². The van der Waals surface area contributed by atoms with Crippen LogP contribution in [0.3, 0.4) is 0 Å². The number of hydrogen-bond acceptors (Lipinski definition) is 6. The van der Waals surface area contributed by atoms with Crippen LogP contribution in [0.25, 0.3) is 11.3 Å². The van der Waals surface area contributed by atoms with Crippen LogP contribution < -0.4 is 9.80 Å². The highest BCUT2D eigenvalue weighted by molar-refractivity contribution is 7.89. The Balaban J connectivity index is 1.30. The first-order valence-electron chi connectivity index (χ1n) is 11.6. The maximum atomic E-state index is 13.1. The molecular weight excluding hydrogens is 470 g/mol. The average molecular weight is 498 g/mol. The van der Waals surface area contributed by atoms with Crippen molar-refractivity contribution >= 4 is 33.1 Å². The van der Waals surface area contributed by atoms with Crippen molar-refractivity contribution in [2.45, 2.75) is 24.7 Å². The van der Waals surface area contributed by atoms with Crippen molar-refractivity contribution in [3.8, 4) is 11.3 Å². The Labute approximate surface area is 206 Å². The summed E-state index contributed by atoms with van der Waals surface area (Å²) in [5.41, 5.74) is 3.30. The Bertz CT molecular complexity index is 1270. The number of aryl methyl sites for hydroxylation is 1. The molecule has 3 aromatic rings. The second-order valence-corrected chi connectivity index (χ2v) is 11.2. The summed E-state index contributed by atoms with van der Waals surface area (Å²) >= 11 is 6.14. The minimum atomic E-state index is -3.49. The first kappa shape index (κ1) is 23.1. The smallest absolute Gasteiger partial charge is 0.243 e. The van der Waals surface area contributed by atoms with Gasteiger partial charge in [0.15, 0.2) is 5.82 Å². The predicted molar refractivity (Wildman–Crippen MR) is 136 cm³/mol. The van der Waals surface area contributed by atoms with E-state index in [0.717, 1.165) is 66.7 Å². The molecule has 0 atom stereocenters. The molecule has 0 unspecified atom stereocenters. The van der Waals surface area contributed by atoms with Gasteiger partial charge < -0.3 is 9.80 Å². The summed E-state index contributed by atoms with van der Waals surface area (Å²) in [5.74, 6) is 0.825. The van der Waals surface area contributed by atoms with Gasteiger partial charge >= 0.3 is 0 Å². The zero-order valence-corrected chi connectivity index (χ0v) is 20.8. The monoisotopic (exact) mass is 497 g/mol. The molecule has 1 aromatic heterocycles. The van der Waals surface area contributed by atoms with Crippen LogP contribution in [0.2, 0.25) is 5.02 Å². The summed E-state index contributed by atoms with van der Waals surface area (Å²) in [6, 6.07) is 17.3. The maximum Gasteiger partial charge on any atom is 0.243 e. The van der Waals surface area contributed by atoms with Crippen LogP contribution in [-0.4, -0.2) is 62.2 Å². The number of nitrogens with zero attached hydrogens (tertiary/aromatic N) is 5. The fraction of sp³-hybridized carbons (Fsp3) is 0.360. The topological polar surface area (TPSA) is 69.6 Å². The fourth-order valence-corrected chi connectivity index (χ4v) is 6.57. The zero-order valence-electron chi connectivity index (χ0n) is 19.2. The minimum absolute atomic E-state index is 0.356. The average Bonchev–Trinajstić information content (AvgIpc) is 3.41. The maximum absolute atomic E-state index is 13.1. The Morgan fingerprint density at radius 2 is 1.56 bits per heavy atom. The van der Waals surface area contributed by atoms with E-state index in [9.17, 15) is 8.42 Å². The lowest BCUT2D eigenvalue weighted by molar-refractivity contribution is 0.477. The number of hydrogen-bond donors (Lipinski definition) is 0. The highest BCUT2D eigenvalue weighted by Gasteiger charge is 2.29. The molecule has 0 radical (unpaired) electrons. The first-order valence-corrected chi connectivity index (χ1v) is 13.4. The predicted octanol–water partition coefficient (Wildman–Crippen LogP) is 4.22. The number of rotatable bonds is 5. The molecule has 34 heavy (non-hydrogen) atoms. The van der Waals surface area contributed by atoms with Crippen LogP contribution in [0, 0.1) is 6.92 Å². The van der Waals surface area contributed by atoms with Crippen molar-refractivity contribution in [3.05, 3.63) is 65.2 Å². The number of benzene rings is 2. The van der Waals surface area contributed by atoms with Crippen LogP contribution in [0.1, 0.15) is 18.4 Å². The van der Waals surface area contributed by atoms with Crippen LogP contribution in [0.15, 0.2) is 59.5 Å². The van der Waals surface area contributed by atoms with Gasteiger partial charge in [-0.1, -0.05) is 29.8 Å².